The highest BCUT2D eigenvalue weighted by Gasteiger charge is 2.10. The average Bonchev–Trinajstić information content (AvgIpc) is 2.77. The molecule has 2 aromatic carbocycles. The molecule has 0 radical (unpaired) electrons. The van der Waals surface area contributed by atoms with Gasteiger partial charge in [0, 0.05) is 17.8 Å². The SMILES string of the molecule is CCN(CC)CC(=O)Nc1ccc(NC(=O)CCCOc2ccc(OC)cc2)cc1C. The number of carbonyl (C=O) groups is 2. The highest BCUT2D eigenvalue weighted by Crippen LogP contribution is 2.20. The molecule has 0 aromatic heterocycles. The average molecular weight is 428 g/mol. The van der Waals surface area contributed by atoms with Gasteiger partial charge < -0.3 is 20.1 Å². The maximum absolute atomic E-state index is 12.2. The number of amides is 2. The minimum atomic E-state index is -0.0731. The second-order valence-electron chi connectivity index (χ2n) is 7.21. The molecule has 0 atom stereocenters. The van der Waals surface area contributed by atoms with E-state index < -0.39 is 0 Å². The van der Waals surface area contributed by atoms with Crippen LogP contribution in [-0.4, -0.2) is 50.1 Å². The summed E-state index contributed by atoms with van der Waals surface area (Å²) in [5, 5.41) is 5.83. The highest BCUT2D eigenvalue weighted by atomic mass is 16.5. The molecule has 0 unspecified atom stereocenters. The molecule has 0 aliphatic heterocycles. The minimum absolute atomic E-state index is 0.0413. The van der Waals surface area contributed by atoms with Gasteiger partial charge in [-0.1, -0.05) is 13.8 Å². The highest BCUT2D eigenvalue weighted by molar-refractivity contribution is 5.94. The van der Waals surface area contributed by atoms with Crippen LogP contribution < -0.4 is 20.1 Å². The van der Waals surface area contributed by atoms with Crippen LogP contribution in [0.3, 0.4) is 0 Å². The molecule has 2 N–H and O–H groups in total. The normalized spacial score (nSPS) is 10.6. The number of aryl methyl sites for hydroxylation is 1. The smallest absolute Gasteiger partial charge is 0.238 e. The molecule has 0 bridgehead atoms. The van der Waals surface area contributed by atoms with Gasteiger partial charge in [0.25, 0.3) is 0 Å². The number of benzene rings is 2. The Bertz CT molecular complexity index is 848. The van der Waals surface area contributed by atoms with Crippen LogP contribution in [0, 0.1) is 6.92 Å². The Kier molecular flexibility index (Phi) is 9.84. The van der Waals surface area contributed by atoms with Crippen LogP contribution in [0.1, 0.15) is 32.3 Å². The van der Waals surface area contributed by atoms with Gasteiger partial charge in [0.1, 0.15) is 11.5 Å². The van der Waals surface area contributed by atoms with Crippen molar-refractivity contribution in [3.8, 4) is 11.5 Å². The van der Waals surface area contributed by atoms with Gasteiger partial charge in [0.05, 0.1) is 20.3 Å². The van der Waals surface area contributed by atoms with Crippen molar-refractivity contribution in [1.82, 2.24) is 4.90 Å². The third-order valence-electron chi connectivity index (χ3n) is 4.92. The van der Waals surface area contributed by atoms with Gasteiger partial charge in [0.15, 0.2) is 0 Å². The summed E-state index contributed by atoms with van der Waals surface area (Å²) in [6.45, 7) is 8.46. The number of likely N-dealkylation sites (N-methyl/N-ethyl adjacent to an activating group) is 1. The molecule has 0 fully saturated rings. The Balaban J connectivity index is 1.75. The number of anilines is 2. The summed E-state index contributed by atoms with van der Waals surface area (Å²) >= 11 is 0. The van der Waals surface area contributed by atoms with Gasteiger partial charge in [0.2, 0.25) is 11.8 Å². The molecule has 0 spiro atoms. The summed E-state index contributed by atoms with van der Waals surface area (Å²) in [5.41, 5.74) is 2.36. The summed E-state index contributed by atoms with van der Waals surface area (Å²) in [6.07, 6.45) is 0.966. The Morgan fingerprint density at radius 1 is 0.935 bits per heavy atom. The lowest BCUT2D eigenvalue weighted by Crippen LogP contribution is -2.33. The Hall–Kier alpha value is -3.06. The summed E-state index contributed by atoms with van der Waals surface area (Å²) in [6, 6.07) is 12.8. The predicted octanol–water partition coefficient (Wildman–Crippen LogP) is 4.08. The third-order valence-corrected chi connectivity index (χ3v) is 4.92. The topological polar surface area (TPSA) is 79.9 Å². The zero-order valence-corrected chi connectivity index (χ0v) is 18.9. The minimum Gasteiger partial charge on any atom is -0.497 e. The van der Waals surface area contributed by atoms with Crippen LogP contribution in [0.4, 0.5) is 11.4 Å². The maximum atomic E-state index is 12.2. The number of nitrogens with one attached hydrogen (secondary N) is 2. The van der Waals surface area contributed by atoms with E-state index in [-0.39, 0.29) is 11.8 Å². The van der Waals surface area contributed by atoms with Crippen LogP contribution in [0.15, 0.2) is 42.5 Å². The van der Waals surface area contributed by atoms with E-state index in [1.807, 2.05) is 57.2 Å². The molecule has 7 heteroatoms. The molecular weight excluding hydrogens is 394 g/mol. The van der Waals surface area contributed by atoms with Crippen molar-refractivity contribution in [3.63, 3.8) is 0 Å². The van der Waals surface area contributed by atoms with Crippen LogP contribution >= 0.6 is 0 Å². The summed E-state index contributed by atoms with van der Waals surface area (Å²) in [7, 11) is 1.62. The fourth-order valence-electron chi connectivity index (χ4n) is 3.04. The summed E-state index contributed by atoms with van der Waals surface area (Å²) in [5.74, 6) is 1.41. The van der Waals surface area contributed by atoms with Crippen molar-refractivity contribution in [2.45, 2.75) is 33.6 Å². The van der Waals surface area contributed by atoms with Gasteiger partial charge >= 0.3 is 0 Å². The lowest BCUT2D eigenvalue weighted by atomic mass is 10.1. The first-order valence-corrected chi connectivity index (χ1v) is 10.6. The van der Waals surface area contributed by atoms with Crippen LogP contribution in [0.25, 0.3) is 0 Å². The number of carbonyl (C=O) groups excluding carboxylic acids is 2. The molecule has 31 heavy (non-hydrogen) atoms. The van der Waals surface area contributed by atoms with Crippen molar-refractivity contribution in [3.05, 3.63) is 48.0 Å². The van der Waals surface area contributed by atoms with Crippen molar-refractivity contribution >= 4 is 23.2 Å². The molecule has 2 aromatic rings. The van der Waals surface area contributed by atoms with E-state index in [0.29, 0.717) is 31.7 Å². The Morgan fingerprint density at radius 3 is 2.23 bits per heavy atom. The Morgan fingerprint density at radius 2 is 1.61 bits per heavy atom. The molecule has 0 heterocycles. The van der Waals surface area contributed by atoms with Gasteiger partial charge in [-0.25, -0.2) is 0 Å². The van der Waals surface area contributed by atoms with E-state index in [1.54, 1.807) is 13.2 Å². The molecule has 168 valence electrons. The Labute approximate surface area is 184 Å². The number of ether oxygens (including phenoxy) is 2. The lowest BCUT2D eigenvalue weighted by molar-refractivity contribution is -0.117. The first kappa shape index (κ1) is 24.2. The molecule has 0 aliphatic carbocycles. The van der Waals surface area contributed by atoms with Crippen molar-refractivity contribution < 1.29 is 19.1 Å². The van der Waals surface area contributed by atoms with Gasteiger partial charge in [-0.05, 0) is 74.5 Å². The summed E-state index contributed by atoms with van der Waals surface area (Å²) < 4.78 is 10.8. The van der Waals surface area contributed by atoms with Crippen molar-refractivity contribution in [1.29, 1.82) is 0 Å². The molecule has 2 rings (SSSR count). The van der Waals surface area contributed by atoms with E-state index in [1.165, 1.54) is 0 Å². The molecule has 0 saturated heterocycles. The van der Waals surface area contributed by atoms with Crippen molar-refractivity contribution in [2.24, 2.45) is 0 Å². The quantitative estimate of drug-likeness (QED) is 0.499. The number of hydrogen-bond acceptors (Lipinski definition) is 5. The second-order valence-corrected chi connectivity index (χ2v) is 7.21. The van der Waals surface area contributed by atoms with Gasteiger partial charge in [-0.2, -0.15) is 0 Å². The number of nitrogens with zero attached hydrogens (tertiary/aromatic N) is 1. The van der Waals surface area contributed by atoms with E-state index >= 15 is 0 Å². The fraction of sp³-hybridized carbons (Fsp3) is 0.417. The largest absolute Gasteiger partial charge is 0.497 e. The van der Waals surface area contributed by atoms with E-state index in [9.17, 15) is 9.59 Å². The number of hydrogen-bond donors (Lipinski definition) is 2. The van der Waals surface area contributed by atoms with Gasteiger partial charge in [-0.3, -0.25) is 14.5 Å². The van der Waals surface area contributed by atoms with E-state index in [0.717, 1.165) is 35.8 Å². The van der Waals surface area contributed by atoms with Crippen LogP contribution in [0.5, 0.6) is 11.5 Å². The standard InChI is InChI=1S/C24H33N3O4/c1-5-27(6-2)17-24(29)26-22-14-9-19(16-18(22)3)25-23(28)8-7-15-31-21-12-10-20(30-4)11-13-21/h9-14,16H,5-8,15,17H2,1-4H3,(H,25,28)(H,26,29). The summed E-state index contributed by atoms with van der Waals surface area (Å²) in [4.78, 5) is 26.5. The lowest BCUT2D eigenvalue weighted by Gasteiger charge is -2.18. The maximum Gasteiger partial charge on any atom is 0.238 e. The first-order chi connectivity index (χ1) is 14.9. The molecular formula is C24H33N3O4. The number of methoxy groups -OCH3 is 1. The predicted molar refractivity (Wildman–Crippen MR) is 124 cm³/mol. The molecule has 0 saturated carbocycles. The monoisotopic (exact) mass is 427 g/mol. The van der Waals surface area contributed by atoms with Crippen LogP contribution in [0.2, 0.25) is 0 Å². The van der Waals surface area contributed by atoms with Crippen LogP contribution in [-0.2, 0) is 9.59 Å². The zero-order valence-electron chi connectivity index (χ0n) is 18.9. The fourth-order valence-corrected chi connectivity index (χ4v) is 3.04. The molecule has 0 aliphatic rings. The zero-order chi connectivity index (χ0) is 22.6. The second kappa shape index (κ2) is 12.6. The number of rotatable bonds is 12. The molecule has 7 nitrogen and oxygen atoms in total. The third kappa shape index (κ3) is 8.30. The first-order valence-electron chi connectivity index (χ1n) is 10.6. The van der Waals surface area contributed by atoms with E-state index in [2.05, 4.69) is 15.5 Å². The molecule has 2 amide bonds. The van der Waals surface area contributed by atoms with E-state index in [4.69, 9.17) is 9.47 Å². The van der Waals surface area contributed by atoms with Crippen molar-refractivity contribution in [2.75, 3.05) is 44.0 Å². The van der Waals surface area contributed by atoms with Gasteiger partial charge in [-0.15, -0.1) is 0 Å².